The second-order valence-electron chi connectivity index (χ2n) is 5.32. The lowest BCUT2D eigenvalue weighted by molar-refractivity contribution is -0.119. The number of carbonyl (C=O) groups is 1. The summed E-state index contributed by atoms with van der Waals surface area (Å²) in [7, 11) is 0. The van der Waals surface area contributed by atoms with Crippen molar-refractivity contribution in [2.75, 3.05) is 18.5 Å². The lowest BCUT2D eigenvalue weighted by atomic mass is 9.92. The predicted molar refractivity (Wildman–Crippen MR) is 74.2 cm³/mol. The lowest BCUT2D eigenvalue weighted by Gasteiger charge is -2.26. The van der Waals surface area contributed by atoms with E-state index in [0.717, 1.165) is 18.5 Å². The number of thiazole rings is 1. The van der Waals surface area contributed by atoms with Crippen LogP contribution < -0.4 is 11.1 Å². The Morgan fingerprint density at radius 2 is 2.16 bits per heavy atom. The zero-order valence-electron chi connectivity index (χ0n) is 10.8. The van der Waals surface area contributed by atoms with Crippen LogP contribution in [0.2, 0.25) is 0 Å². The van der Waals surface area contributed by atoms with Gasteiger partial charge in [-0.2, -0.15) is 0 Å². The van der Waals surface area contributed by atoms with Gasteiger partial charge in [0.15, 0.2) is 5.13 Å². The highest BCUT2D eigenvalue weighted by Crippen LogP contribution is 2.40. The summed E-state index contributed by atoms with van der Waals surface area (Å²) in [6.07, 6.45) is 4.16. The Morgan fingerprint density at radius 3 is 2.84 bits per heavy atom. The number of aromatic nitrogens is 1. The molecule has 2 fully saturated rings. The minimum Gasteiger partial charge on any atom is -0.381 e. The van der Waals surface area contributed by atoms with Gasteiger partial charge in [0.05, 0.1) is 11.7 Å². The molecule has 1 amide bonds. The van der Waals surface area contributed by atoms with E-state index < -0.39 is 6.04 Å². The largest absolute Gasteiger partial charge is 0.381 e. The molecule has 1 aromatic heterocycles. The van der Waals surface area contributed by atoms with Crippen molar-refractivity contribution in [3.63, 3.8) is 0 Å². The Labute approximate surface area is 116 Å². The van der Waals surface area contributed by atoms with Crippen LogP contribution in [0.15, 0.2) is 5.38 Å². The highest BCUT2D eigenvalue weighted by atomic mass is 32.1. The molecule has 2 heterocycles. The van der Waals surface area contributed by atoms with Crippen LogP contribution in [0.5, 0.6) is 0 Å². The van der Waals surface area contributed by atoms with Gasteiger partial charge in [0.25, 0.3) is 0 Å². The number of carbonyl (C=O) groups excluding carboxylic acids is 1. The SMILES string of the molecule is NC(C(=O)Nc1nc(C2CC2)cs1)C1CCOCC1. The Morgan fingerprint density at radius 1 is 1.42 bits per heavy atom. The van der Waals surface area contributed by atoms with Gasteiger partial charge in [0.2, 0.25) is 5.91 Å². The monoisotopic (exact) mass is 281 g/mol. The fourth-order valence-corrected chi connectivity index (χ4v) is 3.18. The summed E-state index contributed by atoms with van der Waals surface area (Å²) in [6.45, 7) is 1.41. The second kappa shape index (κ2) is 5.56. The quantitative estimate of drug-likeness (QED) is 0.881. The van der Waals surface area contributed by atoms with Crippen LogP contribution >= 0.6 is 11.3 Å². The molecule has 0 spiro atoms. The standard InChI is InChI=1S/C13H19N3O2S/c14-11(9-3-5-18-6-4-9)12(17)16-13-15-10(7-19-13)8-1-2-8/h7-9,11H,1-6,14H2,(H,15,16,17). The third-order valence-corrected chi connectivity index (χ3v) is 4.60. The number of nitrogens with one attached hydrogen (secondary N) is 1. The van der Waals surface area contributed by atoms with E-state index in [2.05, 4.69) is 10.3 Å². The van der Waals surface area contributed by atoms with Crippen molar-refractivity contribution >= 4 is 22.4 Å². The molecule has 1 unspecified atom stereocenters. The summed E-state index contributed by atoms with van der Waals surface area (Å²) in [4.78, 5) is 16.5. The van der Waals surface area contributed by atoms with Crippen molar-refractivity contribution in [3.05, 3.63) is 11.1 Å². The molecule has 6 heteroatoms. The minimum absolute atomic E-state index is 0.122. The molecule has 1 aromatic rings. The number of nitrogens with two attached hydrogens (primary N) is 1. The summed E-state index contributed by atoms with van der Waals surface area (Å²) >= 11 is 1.49. The molecule has 3 rings (SSSR count). The fraction of sp³-hybridized carbons (Fsp3) is 0.692. The van der Waals surface area contributed by atoms with Crippen molar-refractivity contribution in [3.8, 4) is 0 Å². The van der Waals surface area contributed by atoms with Crippen LogP contribution in [-0.2, 0) is 9.53 Å². The number of hydrogen-bond acceptors (Lipinski definition) is 5. The van der Waals surface area contributed by atoms with Crippen LogP contribution in [0.25, 0.3) is 0 Å². The summed E-state index contributed by atoms with van der Waals surface area (Å²) < 4.78 is 5.29. The van der Waals surface area contributed by atoms with Crippen LogP contribution in [0.3, 0.4) is 0 Å². The van der Waals surface area contributed by atoms with Crippen LogP contribution in [0, 0.1) is 5.92 Å². The van der Waals surface area contributed by atoms with Crippen molar-refractivity contribution < 1.29 is 9.53 Å². The molecule has 19 heavy (non-hydrogen) atoms. The molecule has 3 N–H and O–H groups in total. The number of hydrogen-bond donors (Lipinski definition) is 2. The molecular formula is C13H19N3O2S. The molecule has 0 aromatic carbocycles. The van der Waals surface area contributed by atoms with Gasteiger partial charge in [0.1, 0.15) is 0 Å². The van der Waals surface area contributed by atoms with E-state index in [4.69, 9.17) is 10.5 Å². The van der Waals surface area contributed by atoms with E-state index in [0.29, 0.717) is 24.3 Å². The first-order valence-electron chi connectivity index (χ1n) is 6.83. The second-order valence-corrected chi connectivity index (χ2v) is 6.17. The van der Waals surface area contributed by atoms with Crippen molar-refractivity contribution in [1.29, 1.82) is 0 Å². The third-order valence-electron chi connectivity index (χ3n) is 3.82. The summed E-state index contributed by atoms with van der Waals surface area (Å²) in [6, 6.07) is -0.461. The summed E-state index contributed by atoms with van der Waals surface area (Å²) in [5.74, 6) is 0.714. The highest BCUT2D eigenvalue weighted by Gasteiger charge is 2.29. The maximum Gasteiger partial charge on any atom is 0.243 e. The average molecular weight is 281 g/mol. The van der Waals surface area contributed by atoms with E-state index in [-0.39, 0.29) is 11.8 Å². The van der Waals surface area contributed by atoms with Gasteiger partial charge < -0.3 is 15.8 Å². The molecule has 0 radical (unpaired) electrons. The van der Waals surface area contributed by atoms with E-state index in [1.165, 1.54) is 24.2 Å². The van der Waals surface area contributed by atoms with Gasteiger partial charge in [0, 0.05) is 24.5 Å². The number of amides is 1. The fourth-order valence-electron chi connectivity index (χ4n) is 2.39. The smallest absolute Gasteiger partial charge is 0.243 e. The predicted octanol–water partition coefficient (Wildman–Crippen LogP) is 1.71. The van der Waals surface area contributed by atoms with Crippen molar-refractivity contribution in [2.45, 2.75) is 37.6 Å². The van der Waals surface area contributed by atoms with E-state index >= 15 is 0 Å². The normalized spacial score (nSPS) is 22.2. The van der Waals surface area contributed by atoms with E-state index in [1.54, 1.807) is 0 Å². The van der Waals surface area contributed by atoms with Gasteiger partial charge in [-0.15, -0.1) is 11.3 Å². The minimum atomic E-state index is -0.461. The van der Waals surface area contributed by atoms with Crippen molar-refractivity contribution in [2.24, 2.45) is 11.7 Å². The first kappa shape index (κ1) is 13.0. The van der Waals surface area contributed by atoms with Gasteiger partial charge in [-0.3, -0.25) is 4.79 Å². The summed E-state index contributed by atoms with van der Waals surface area (Å²) in [5.41, 5.74) is 7.14. The van der Waals surface area contributed by atoms with E-state index in [9.17, 15) is 4.79 Å². The number of anilines is 1. The molecule has 2 aliphatic rings. The third kappa shape index (κ3) is 3.13. The highest BCUT2D eigenvalue weighted by molar-refractivity contribution is 7.13. The number of nitrogens with zero attached hydrogens (tertiary/aromatic N) is 1. The molecule has 1 saturated heterocycles. The first-order valence-corrected chi connectivity index (χ1v) is 7.71. The molecule has 1 saturated carbocycles. The van der Waals surface area contributed by atoms with E-state index in [1.807, 2.05) is 5.38 Å². The summed E-state index contributed by atoms with van der Waals surface area (Å²) in [5, 5.41) is 5.56. The zero-order chi connectivity index (χ0) is 13.2. The Bertz CT molecular complexity index is 452. The zero-order valence-corrected chi connectivity index (χ0v) is 11.6. The number of rotatable bonds is 4. The van der Waals surface area contributed by atoms with Crippen LogP contribution in [0.1, 0.15) is 37.3 Å². The topological polar surface area (TPSA) is 77.2 Å². The molecule has 5 nitrogen and oxygen atoms in total. The molecule has 1 aliphatic carbocycles. The van der Waals surface area contributed by atoms with Crippen LogP contribution in [0.4, 0.5) is 5.13 Å². The Kier molecular flexibility index (Phi) is 3.81. The molecule has 1 atom stereocenters. The van der Waals surface area contributed by atoms with Gasteiger partial charge in [-0.05, 0) is 31.6 Å². The molecule has 0 bridgehead atoms. The maximum absolute atomic E-state index is 12.1. The molecular weight excluding hydrogens is 262 g/mol. The first-order chi connectivity index (χ1) is 9.24. The average Bonchev–Trinajstić information content (AvgIpc) is 3.20. The number of ether oxygens (including phenoxy) is 1. The Hall–Kier alpha value is -0.980. The molecule has 104 valence electrons. The molecule has 1 aliphatic heterocycles. The van der Waals surface area contributed by atoms with Gasteiger partial charge in [-0.1, -0.05) is 0 Å². The van der Waals surface area contributed by atoms with Gasteiger partial charge >= 0.3 is 0 Å². The van der Waals surface area contributed by atoms with Crippen LogP contribution in [-0.4, -0.2) is 30.1 Å². The maximum atomic E-state index is 12.1. The Balaban J connectivity index is 1.56. The van der Waals surface area contributed by atoms with Gasteiger partial charge in [-0.25, -0.2) is 4.98 Å². The van der Waals surface area contributed by atoms with Crippen molar-refractivity contribution in [1.82, 2.24) is 4.98 Å². The lowest BCUT2D eigenvalue weighted by Crippen LogP contribution is -2.43.